The molecule has 3 rings (SSSR count). The summed E-state index contributed by atoms with van der Waals surface area (Å²) in [4.78, 5) is 20.3. The van der Waals surface area contributed by atoms with Gasteiger partial charge in [-0.2, -0.15) is 0 Å². The molecule has 1 aromatic heterocycles. The molecule has 1 N–H and O–H groups in total. The first kappa shape index (κ1) is 18.9. The van der Waals surface area contributed by atoms with Gasteiger partial charge in [0.05, 0.1) is 0 Å². The Morgan fingerprint density at radius 2 is 2.15 bits per heavy atom. The first-order valence-corrected chi connectivity index (χ1v) is 9.30. The monoisotopic (exact) mass is 369 g/mol. The van der Waals surface area contributed by atoms with Crippen molar-refractivity contribution in [3.63, 3.8) is 0 Å². The number of carbonyl (C=O) groups excluding carboxylic acids is 1. The van der Waals surface area contributed by atoms with Crippen molar-refractivity contribution < 1.29 is 4.79 Å². The molecular formula is C19H27N7O. The van der Waals surface area contributed by atoms with Gasteiger partial charge in [-0.3, -0.25) is 4.79 Å². The Labute approximate surface area is 159 Å². The average molecular weight is 369 g/mol. The lowest BCUT2D eigenvalue weighted by Crippen LogP contribution is -2.42. The highest BCUT2D eigenvalue weighted by molar-refractivity contribution is 5.99. The summed E-state index contributed by atoms with van der Waals surface area (Å²) in [6.45, 7) is 4.47. The quantitative estimate of drug-likeness (QED) is 0.606. The summed E-state index contributed by atoms with van der Waals surface area (Å²) in [5, 5.41) is 11.5. The van der Waals surface area contributed by atoms with Crippen molar-refractivity contribution in [1.29, 1.82) is 0 Å². The lowest BCUT2D eigenvalue weighted by molar-refractivity contribution is -0.127. The lowest BCUT2D eigenvalue weighted by atomic mass is 10.2. The zero-order valence-corrected chi connectivity index (χ0v) is 16.2. The van der Waals surface area contributed by atoms with Crippen molar-refractivity contribution in [2.45, 2.75) is 26.3 Å². The molecule has 2 heterocycles. The van der Waals surface area contributed by atoms with E-state index in [2.05, 4.69) is 50.5 Å². The number of hydrogen-bond donors (Lipinski definition) is 1. The molecule has 0 radical (unpaired) electrons. The van der Waals surface area contributed by atoms with E-state index in [0.717, 1.165) is 43.4 Å². The Bertz CT molecular complexity index is 812. The van der Waals surface area contributed by atoms with Crippen LogP contribution in [0.25, 0.3) is 0 Å². The molecule has 0 saturated carbocycles. The van der Waals surface area contributed by atoms with Crippen molar-refractivity contribution in [2.75, 3.05) is 38.6 Å². The molecule has 1 amide bonds. The summed E-state index contributed by atoms with van der Waals surface area (Å²) in [5.41, 5.74) is 2.46. The van der Waals surface area contributed by atoms with Gasteiger partial charge in [0.2, 0.25) is 5.91 Å². The number of hydrogen-bond acceptors (Lipinski definition) is 4. The van der Waals surface area contributed by atoms with E-state index < -0.39 is 0 Å². The number of likely N-dealkylation sites (N-methyl/N-ethyl adjacent to an activating group) is 1. The maximum atomic E-state index is 12.0. The van der Waals surface area contributed by atoms with Crippen molar-refractivity contribution in [3.05, 3.63) is 42.0 Å². The Hall–Kier alpha value is -2.90. The second-order valence-corrected chi connectivity index (χ2v) is 6.68. The zero-order chi connectivity index (χ0) is 19.2. The average Bonchev–Trinajstić information content (AvgIpc) is 3.30. The van der Waals surface area contributed by atoms with Crippen LogP contribution in [0.4, 0.5) is 5.69 Å². The van der Waals surface area contributed by atoms with E-state index in [1.165, 1.54) is 5.56 Å². The number of amides is 1. The van der Waals surface area contributed by atoms with Crippen LogP contribution < -0.4 is 10.2 Å². The topological polar surface area (TPSA) is 78.6 Å². The van der Waals surface area contributed by atoms with E-state index in [0.29, 0.717) is 6.54 Å². The number of aliphatic imine (C=N–C) groups is 1. The number of fused-ring (bicyclic) bond motifs is 1. The number of anilines is 1. The van der Waals surface area contributed by atoms with Crippen LogP contribution in [-0.4, -0.2) is 65.3 Å². The highest BCUT2D eigenvalue weighted by Gasteiger charge is 2.23. The molecule has 8 heteroatoms. The van der Waals surface area contributed by atoms with Crippen molar-refractivity contribution >= 4 is 17.6 Å². The molecule has 0 aliphatic carbocycles. The number of aromatic nitrogens is 3. The molecule has 2 aromatic rings. The summed E-state index contributed by atoms with van der Waals surface area (Å²) in [5.74, 6) is 1.68. The molecule has 8 nitrogen and oxygen atoms in total. The first-order chi connectivity index (χ1) is 13.1. The molecule has 1 aliphatic heterocycles. The standard InChI is InChI=1S/C19H27N7O/c1-4-17-23-22-14-25(17)12-10-20-19(21-13-18(27)24(2)3)26-11-9-15-7-5-6-8-16(15)26/h5-8,14H,4,9-13H2,1-3H3,(H,20,21). The third kappa shape index (κ3) is 4.45. The van der Waals surface area contributed by atoms with Gasteiger partial charge in [0, 0.05) is 45.8 Å². The second-order valence-electron chi connectivity index (χ2n) is 6.68. The van der Waals surface area contributed by atoms with Gasteiger partial charge >= 0.3 is 0 Å². The van der Waals surface area contributed by atoms with E-state index in [9.17, 15) is 4.79 Å². The highest BCUT2D eigenvalue weighted by Crippen LogP contribution is 2.27. The van der Waals surface area contributed by atoms with E-state index in [1.54, 1.807) is 25.3 Å². The van der Waals surface area contributed by atoms with E-state index in [1.807, 2.05) is 10.6 Å². The molecule has 27 heavy (non-hydrogen) atoms. The fourth-order valence-corrected chi connectivity index (χ4v) is 3.11. The minimum Gasteiger partial charge on any atom is -0.354 e. The number of para-hydroxylation sites is 1. The fourth-order valence-electron chi connectivity index (χ4n) is 3.11. The summed E-state index contributed by atoms with van der Waals surface area (Å²) < 4.78 is 2.04. The Balaban J connectivity index is 1.72. The largest absolute Gasteiger partial charge is 0.354 e. The number of rotatable bonds is 6. The third-order valence-corrected chi connectivity index (χ3v) is 4.65. The molecule has 0 saturated heterocycles. The van der Waals surface area contributed by atoms with Gasteiger partial charge in [-0.1, -0.05) is 25.1 Å². The van der Waals surface area contributed by atoms with Crippen molar-refractivity contribution in [1.82, 2.24) is 25.0 Å². The fraction of sp³-hybridized carbons (Fsp3) is 0.474. The minimum atomic E-state index is -0.0196. The molecule has 1 aromatic carbocycles. The molecule has 0 atom stereocenters. The van der Waals surface area contributed by atoms with E-state index in [-0.39, 0.29) is 12.5 Å². The predicted molar refractivity (Wildman–Crippen MR) is 106 cm³/mol. The lowest BCUT2D eigenvalue weighted by Gasteiger charge is -2.23. The molecule has 1 aliphatic rings. The molecule has 0 fully saturated rings. The van der Waals surface area contributed by atoms with Crippen LogP contribution in [0.3, 0.4) is 0 Å². The van der Waals surface area contributed by atoms with Crippen LogP contribution in [0.2, 0.25) is 0 Å². The van der Waals surface area contributed by atoms with Crippen LogP contribution in [0.1, 0.15) is 18.3 Å². The first-order valence-electron chi connectivity index (χ1n) is 9.30. The van der Waals surface area contributed by atoms with Gasteiger partial charge in [0.1, 0.15) is 18.7 Å². The number of aryl methyl sites for hydroxylation is 1. The summed E-state index contributed by atoms with van der Waals surface area (Å²) in [6, 6.07) is 8.33. The summed E-state index contributed by atoms with van der Waals surface area (Å²) in [6.07, 6.45) is 3.57. The van der Waals surface area contributed by atoms with Gasteiger partial charge in [-0.15, -0.1) is 10.2 Å². The summed E-state index contributed by atoms with van der Waals surface area (Å²) in [7, 11) is 3.49. The SMILES string of the molecule is CCc1nncn1CCNC(=NCC(=O)N(C)C)N1CCc2ccccc21. The Morgan fingerprint density at radius 1 is 1.33 bits per heavy atom. The zero-order valence-electron chi connectivity index (χ0n) is 16.2. The number of nitrogens with one attached hydrogen (secondary N) is 1. The van der Waals surface area contributed by atoms with Crippen molar-refractivity contribution in [3.8, 4) is 0 Å². The van der Waals surface area contributed by atoms with Crippen LogP contribution in [0.15, 0.2) is 35.6 Å². The normalized spacial score (nSPS) is 13.6. The Kier molecular flexibility index (Phi) is 6.05. The maximum Gasteiger partial charge on any atom is 0.243 e. The molecule has 0 spiro atoms. The van der Waals surface area contributed by atoms with E-state index >= 15 is 0 Å². The number of benzene rings is 1. The van der Waals surface area contributed by atoms with Crippen molar-refractivity contribution in [2.24, 2.45) is 4.99 Å². The van der Waals surface area contributed by atoms with Crippen LogP contribution >= 0.6 is 0 Å². The summed E-state index contributed by atoms with van der Waals surface area (Å²) >= 11 is 0. The molecular weight excluding hydrogens is 342 g/mol. The number of carbonyl (C=O) groups is 1. The van der Waals surface area contributed by atoms with Gasteiger partial charge in [0.15, 0.2) is 5.96 Å². The van der Waals surface area contributed by atoms with Gasteiger partial charge in [0.25, 0.3) is 0 Å². The number of nitrogens with zero attached hydrogens (tertiary/aromatic N) is 6. The van der Waals surface area contributed by atoms with Gasteiger partial charge in [-0.05, 0) is 18.1 Å². The smallest absolute Gasteiger partial charge is 0.243 e. The molecule has 144 valence electrons. The van der Waals surface area contributed by atoms with Crippen LogP contribution in [0, 0.1) is 0 Å². The molecule has 0 bridgehead atoms. The minimum absolute atomic E-state index is 0.0196. The van der Waals surface area contributed by atoms with Gasteiger partial charge < -0.3 is 19.7 Å². The molecule has 0 unspecified atom stereocenters. The third-order valence-electron chi connectivity index (χ3n) is 4.65. The van der Waals surface area contributed by atoms with Gasteiger partial charge in [-0.25, -0.2) is 4.99 Å². The number of guanidine groups is 1. The van der Waals surface area contributed by atoms with E-state index in [4.69, 9.17) is 0 Å². The maximum absolute atomic E-state index is 12.0. The second kappa shape index (κ2) is 8.66. The van der Waals surface area contributed by atoms with Crippen LogP contribution in [-0.2, 0) is 24.2 Å². The Morgan fingerprint density at radius 3 is 2.93 bits per heavy atom. The highest BCUT2D eigenvalue weighted by atomic mass is 16.2. The van der Waals surface area contributed by atoms with Crippen LogP contribution in [0.5, 0.6) is 0 Å². The predicted octanol–water partition coefficient (Wildman–Crippen LogP) is 0.937.